The van der Waals surface area contributed by atoms with E-state index in [4.69, 9.17) is 33.7 Å². The molecule has 0 bridgehead atoms. The molecule has 0 aliphatic heterocycles. The van der Waals surface area contributed by atoms with Gasteiger partial charge in [0.2, 0.25) is 5.91 Å². The van der Waals surface area contributed by atoms with Gasteiger partial charge in [-0.15, -0.1) is 0 Å². The third-order valence-electron chi connectivity index (χ3n) is 6.41. The summed E-state index contributed by atoms with van der Waals surface area (Å²) in [4.78, 5) is 41.8. The molecule has 0 spiro atoms. The predicted octanol–water partition coefficient (Wildman–Crippen LogP) is 7.36. The highest BCUT2D eigenvalue weighted by atomic mass is 35.5. The summed E-state index contributed by atoms with van der Waals surface area (Å²) < 4.78 is 43.3. The van der Waals surface area contributed by atoms with Gasteiger partial charge in [0.25, 0.3) is 5.91 Å². The molecule has 0 saturated heterocycles. The van der Waals surface area contributed by atoms with Crippen LogP contribution in [0.3, 0.4) is 0 Å². The van der Waals surface area contributed by atoms with Gasteiger partial charge in [-0.05, 0) is 59.2 Å². The number of alkyl halides is 3. The fraction of sp³-hybridized carbons (Fsp3) is 0.156. The van der Waals surface area contributed by atoms with E-state index in [1.54, 1.807) is 72.8 Å². The molecule has 0 heterocycles. The van der Waals surface area contributed by atoms with E-state index in [1.807, 2.05) is 18.2 Å². The van der Waals surface area contributed by atoms with Crippen molar-refractivity contribution in [2.24, 2.45) is 5.73 Å². The van der Waals surface area contributed by atoms with E-state index in [-0.39, 0.29) is 6.54 Å². The van der Waals surface area contributed by atoms with Gasteiger partial charge in [-0.3, -0.25) is 9.59 Å². The van der Waals surface area contributed by atoms with Crippen LogP contribution in [0.15, 0.2) is 91.0 Å². The van der Waals surface area contributed by atoms with Gasteiger partial charge in [0.15, 0.2) is 5.75 Å². The van der Waals surface area contributed by atoms with Crippen molar-refractivity contribution in [2.45, 2.75) is 32.1 Å². The SMILES string of the molecule is NCc1cccc(Oc2ccccc2N(Cc2ccc(-c3cc(Cl)ccc3Cl)cc2)C(=O)CCC(=O)NOC(=O)C(F)(F)F)c1. The summed E-state index contributed by atoms with van der Waals surface area (Å²) in [6.45, 7) is 0.330. The highest BCUT2D eigenvalue weighted by Crippen LogP contribution is 2.35. The van der Waals surface area contributed by atoms with Crippen molar-refractivity contribution in [1.82, 2.24) is 5.48 Å². The zero-order valence-corrected chi connectivity index (χ0v) is 25.0. The van der Waals surface area contributed by atoms with E-state index in [2.05, 4.69) is 4.84 Å². The molecule has 4 rings (SSSR count). The van der Waals surface area contributed by atoms with Gasteiger partial charge < -0.3 is 20.2 Å². The molecule has 0 unspecified atom stereocenters. The van der Waals surface area contributed by atoms with Crippen LogP contribution in [-0.2, 0) is 32.3 Å². The Morgan fingerprint density at radius 3 is 2.29 bits per heavy atom. The van der Waals surface area contributed by atoms with Gasteiger partial charge in [-0.1, -0.05) is 71.7 Å². The standard InChI is InChI=1S/C32H26Cl2F3N3O5/c33-23-12-13-26(34)25(17-23)22-10-8-20(9-11-22)19-40(30(42)15-14-29(41)39-45-31(43)32(35,36)37)27-6-1-2-7-28(27)44-24-5-3-4-21(16-24)18-38/h1-13,16-17H,14-15,18-19,38H2,(H,39,41). The second-order valence-electron chi connectivity index (χ2n) is 9.63. The molecule has 234 valence electrons. The Labute approximate surface area is 266 Å². The van der Waals surface area contributed by atoms with E-state index in [9.17, 15) is 27.6 Å². The number of halogens is 5. The number of carbonyl (C=O) groups excluding carboxylic acids is 3. The molecule has 3 N–H and O–H groups in total. The predicted molar refractivity (Wildman–Crippen MR) is 163 cm³/mol. The molecule has 0 aliphatic carbocycles. The molecule has 0 aromatic heterocycles. The number of amides is 2. The van der Waals surface area contributed by atoms with Crippen molar-refractivity contribution >= 4 is 46.7 Å². The van der Waals surface area contributed by atoms with Gasteiger partial charge in [-0.25, -0.2) is 4.79 Å². The van der Waals surface area contributed by atoms with Crippen molar-refractivity contribution in [3.8, 4) is 22.6 Å². The number of carbonyl (C=O) groups is 3. The summed E-state index contributed by atoms with van der Waals surface area (Å²) in [5.74, 6) is -3.43. The Morgan fingerprint density at radius 1 is 0.844 bits per heavy atom. The number of benzene rings is 4. The Hall–Kier alpha value is -4.58. The molecule has 0 aliphatic rings. The number of hydrogen-bond acceptors (Lipinski definition) is 6. The second-order valence-corrected chi connectivity index (χ2v) is 10.5. The van der Waals surface area contributed by atoms with Gasteiger partial charge in [0.1, 0.15) is 5.75 Å². The van der Waals surface area contributed by atoms with Crippen LogP contribution in [0.25, 0.3) is 11.1 Å². The average Bonchev–Trinajstić information content (AvgIpc) is 3.02. The lowest BCUT2D eigenvalue weighted by molar-refractivity contribution is -0.207. The number of para-hydroxylation sites is 2. The first-order valence-electron chi connectivity index (χ1n) is 13.4. The van der Waals surface area contributed by atoms with E-state index < -0.39 is 36.8 Å². The number of hydroxylamine groups is 1. The molecule has 0 radical (unpaired) electrons. The van der Waals surface area contributed by atoms with E-state index in [1.165, 1.54) is 10.4 Å². The Bertz CT molecular complexity index is 1680. The van der Waals surface area contributed by atoms with Gasteiger partial charge in [0.05, 0.1) is 12.2 Å². The number of ether oxygens (including phenoxy) is 1. The zero-order valence-electron chi connectivity index (χ0n) is 23.4. The highest BCUT2D eigenvalue weighted by molar-refractivity contribution is 6.35. The van der Waals surface area contributed by atoms with Crippen molar-refractivity contribution in [1.29, 1.82) is 0 Å². The largest absolute Gasteiger partial charge is 0.493 e. The minimum Gasteiger partial charge on any atom is -0.455 e. The van der Waals surface area contributed by atoms with Crippen molar-refractivity contribution in [3.63, 3.8) is 0 Å². The van der Waals surface area contributed by atoms with Gasteiger partial charge >= 0.3 is 12.1 Å². The molecule has 4 aromatic rings. The molecule has 45 heavy (non-hydrogen) atoms. The molecule has 8 nitrogen and oxygen atoms in total. The maximum Gasteiger partial charge on any atom is 0.493 e. The number of rotatable bonds is 10. The lowest BCUT2D eigenvalue weighted by Gasteiger charge is -2.25. The maximum absolute atomic E-state index is 13.6. The van der Waals surface area contributed by atoms with Crippen LogP contribution in [0.5, 0.6) is 11.5 Å². The van der Waals surface area contributed by atoms with Crippen LogP contribution in [0.4, 0.5) is 18.9 Å². The number of nitrogens with two attached hydrogens (primary N) is 1. The van der Waals surface area contributed by atoms with Crippen LogP contribution in [0.1, 0.15) is 24.0 Å². The summed E-state index contributed by atoms with van der Waals surface area (Å²) in [5.41, 5.74) is 10.6. The molecule has 13 heteroatoms. The molecule has 0 fully saturated rings. The zero-order chi connectivity index (χ0) is 32.6. The summed E-state index contributed by atoms with van der Waals surface area (Å²) in [7, 11) is 0. The molecular formula is C32H26Cl2F3N3O5. The lowest BCUT2D eigenvalue weighted by atomic mass is 10.0. The van der Waals surface area contributed by atoms with Gasteiger partial charge in [0, 0.05) is 35.0 Å². The number of anilines is 1. The molecular weight excluding hydrogens is 634 g/mol. The third kappa shape index (κ3) is 9.21. The minimum atomic E-state index is -5.29. The van der Waals surface area contributed by atoms with E-state index >= 15 is 0 Å². The number of hydrogen-bond donors (Lipinski definition) is 2. The fourth-order valence-corrected chi connectivity index (χ4v) is 4.59. The Kier molecular flexibility index (Phi) is 11.1. The number of nitrogens with zero attached hydrogens (tertiary/aromatic N) is 1. The summed E-state index contributed by atoms with van der Waals surface area (Å²) >= 11 is 12.5. The Morgan fingerprint density at radius 2 is 1.58 bits per heavy atom. The Balaban J connectivity index is 1.59. The van der Waals surface area contributed by atoms with Crippen LogP contribution in [0, 0.1) is 0 Å². The van der Waals surface area contributed by atoms with E-state index in [0.29, 0.717) is 39.3 Å². The molecule has 0 atom stereocenters. The van der Waals surface area contributed by atoms with Crippen molar-refractivity contribution < 1.29 is 37.1 Å². The van der Waals surface area contributed by atoms with Crippen molar-refractivity contribution in [2.75, 3.05) is 4.90 Å². The molecule has 4 aromatic carbocycles. The third-order valence-corrected chi connectivity index (χ3v) is 6.97. The normalized spacial score (nSPS) is 11.1. The van der Waals surface area contributed by atoms with Gasteiger partial charge in [-0.2, -0.15) is 18.7 Å². The maximum atomic E-state index is 13.6. The quantitative estimate of drug-likeness (QED) is 0.172. The molecule has 0 saturated carbocycles. The van der Waals surface area contributed by atoms with Crippen LogP contribution in [0.2, 0.25) is 10.0 Å². The van der Waals surface area contributed by atoms with Crippen LogP contribution < -0.4 is 20.9 Å². The van der Waals surface area contributed by atoms with E-state index in [0.717, 1.165) is 16.7 Å². The monoisotopic (exact) mass is 659 g/mol. The first kappa shape index (κ1) is 33.3. The van der Waals surface area contributed by atoms with Crippen LogP contribution >= 0.6 is 23.2 Å². The topological polar surface area (TPSA) is 111 Å². The second kappa shape index (κ2) is 14.9. The smallest absolute Gasteiger partial charge is 0.455 e. The lowest BCUT2D eigenvalue weighted by Crippen LogP contribution is -2.36. The average molecular weight is 660 g/mol. The molecule has 2 amide bonds. The minimum absolute atomic E-state index is 0.0380. The fourth-order valence-electron chi connectivity index (χ4n) is 4.20. The summed E-state index contributed by atoms with van der Waals surface area (Å²) in [5, 5.41) is 1.02. The highest BCUT2D eigenvalue weighted by Gasteiger charge is 2.42. The van der Waals surface area contributed by atoms with Crippen molar-refractivity contribution in [3.05, 3.63) is 112 Å². The number of nitrogens with one attached hydrogen (secondary N) is 1. The summed E-state index contributed by atoms with van der Waals surface area (Å²) in [6, 6.07) is 26.2. The first-order chi connectivity index (χ1) is 21.4. The van der Waals surface area contributed by atoms with Crippen LogP contribution in [-0.4, -0.2) is 24.0 Å². The first-order valence-corrected chi connectivity index (χ1v) is 14.2. The summed E-state index contributed by atoms with van der Waals surface area (Å²) in [6.07, 6.45) is -6.28.